The molecule has 6 rings (SSSR count). The van der Waals surface area contributed by atoms with Crippen LogP contribution in [0.5, 0.6) is 0 Å². The molecule has 1 saturated heterocycles. The molecular formula is C21H13NO. The summed E-state index contributed by atoms with van der Waals surface area (Å²) in [7, 11) is 0. The summed E-state index contributed by atoms with van der Waals surface area (Å²) >= 11 is 0. The first kappa shape index (κ1) is 11.8. The van der Waals surface area contributed by atoms with E-state index in [1.54, 1.807) is 0 Å². The number of ether oxygens (including phenoxy) is 1. The van der Waals surface area contributed by atoms with Crippen LogP contribution in [0, 0.1) is 0 Å². The Morgan fingerprint density at radius 3 is 2.52 bits per heavy atom. The zero-order valence-electron chi connectivity index (χ0n) is 12.4. The predicted octanol–water partition coefficient (Wildman–Crippen LogP) is 4.98. The van der Waals surface area contributed by atoms with Gasteiger partial charge in [-0.3, -0.25) is 4.99 Å². The van der Waals surface area contributed by atoms with E-state index in [9.17, 15) is 0 Å². The van der Waals surface area contributed by atoms with Gasteiger partial charge in [-0.1, -0.05) is 48.5 Å². The number of nitrogens with zero attached hydrogens (tertiary/aromatic N) is 1. The maximum Gasteiger partial charge on any atom is 0.179 e. The van der Waals surface area contributed by atoms with Crippen LogP contribution in [0.15, 0.2) is 65.7 Å². The molecule has 2 aliphatic heterocycles. The second-order valence-corrected chi connectivity index (χ2v) is 6.38. The maximum atomic E-state index is 5.60. The third-order valence-corrected chi connectivity index (χ3v) is 5.08. The van der Waals surface area contributed by atoms with Crippen LogP contribution in [0.4, 0.5) is 0 Å². The molecule has 4 aromatic carbocycles. The third-order valence-electron chi connectivity index (χ3n) is 5.08. The molecule has 0 radical (unpaired) electrons. The first-order valence-electron chi connectivity index (χ1n) is 7.95. The van der Waals surface area contributed by atoms with Crippen molar-refractivity contribution in [1.82, 2.24) is 0 Å². The Labute approximate surface area is 133 Å². The summed E-state index contributed by atoms with van der Waals surface area (Å²) in [5.41, 5.74) is 2.49. The fraction of sp³-hybridized carbons (Fsp3) is 0.0952. The monoisotopic (exact) mass is 295 g/mol. The van der Waals surface area contributed by atoms with E-state index in [0.717, 1.165) is 0 Å². The van der Waals surface area contributed by atoms with E-state index in [-0.39, 0.29) is 12.3 Å². The van der Waals surface area contributed by atoms with Gasteiger partial charge in [0.1, 0.15) is 6.10 Å². The molecule has 0 unspecified atom stereocenters. The molecule has 0 spiro atoms. The van der Waals surface area contributed by atoms with Gasteiger partial charge in [0.15, 0.2) is 6.23 Å². The third kappa shape index (κ3) is 1.54. The molecule has 0 saturated carbocycles. The summed E-state index contributed by atoms with van der Waals surface area (Å²) < 4.78 is 5.60. The van der Waals surface area contributed by atoms with Crippen molar-refractivity contribution >= 4 is 38.5 Å². The zero-order valence-corrected chi connectivity index (χ0v) is 12.4. The number of rotatable bonds is 0. The number of aliphatic imine (C=N–C) groups is 1. The lowest BCUT2D eigenvalue weighted by molar-refractivity contribution is 0.380. The largest absolute Gasteiger partial charge is 0.341 e. The Morgan fingerprint density at radius 1 is 0.739 bits per heavy atom. The smallest absolute Gasteiger partial charge is 0.179 e. The van der Waals surface area contributed by atoms with E-state index < -0.39 is 0 Å². The van der Waals surface area contributed by atoms with Crippen LogP contribution < -0.4 is 0 Å². The van der Waals surface area contributed by atoms with Crippen molar-refractivity contribution in [3.63, 3.8) is 0 Å². The minimum atomic E-state index is 0.0596. The summed E-state index contributed by atoms with van der Waals surface area (Å²) in [4.78, 5) is 4.48. The van der Waals surface area contributed by atoms with E-state index >= 15 is 0 Å². The van der Waals surface area contributed by atoms with Crippen LogP contribution in [0.2, 0.25) is 0 Å². The average Bonchev–Trinajstić information content (AvgIpc) is 3.40. The van der Waals surface area contributed by atoms with Crippen molar-refractivity contribution in [1.29, 1.82) is 0 Å². The number of benzene rings is 4. The van der Waals surface area contributed by atoms with E-state index in [1.807, 2.05) is 6.21 Å². The Balaban J connectivity index is 1.76. The van der Waals surface area contributed by atoms with Crippen LogP contribution in [-0.4, -0.2) is 12.4 Å². The number of hydrogen-bond donors (Lipinski definition) is 0. The second kappa shape index (κ2) is 3.98. The molecule has 1 fully saturated rings. The van der Waals surface area contributed by atoms with Crippen LogP contribution in [0.1, 0.15) is 17.2 Å². The number of fused-ring (bicyclic) bond motifs is 8. The summed E-state index contributed by atoms with van der Waals surface area (Å²) in [6, 6.07) is 22.0. The van der Waals surface area contributed by atoms with E-state index in [4.69, 9.17) is 4.74 Å². The van der Waals surface area contributed by atoms with Crippen LogP contribution in [0.3, 0.4) is 0 Å². The Morgan fingerprint density at radius 2 is 1.52 bits per heavy atom. The van der Waals surface area contributed by atoms with Gasteiger partial charge >= 0.3 is 0 Å². The minimum Gasteiger partial charge on any atom is -0.341 e. The van der Waals surface area contributed by atoms with E-state index in [2.05, 4.69) is 65.7 Å². The van der Waals surface area contributed by atoms with Crippen molar-refractivity contribution in [3.05, 3.63) is 71.8 Å². The highest BCUT2D eigenvalue weighted by molar-refractivity contribution is 6.14. The molecule has 0 N–H and O–H groups in total. The highest BCUT2D eigenvalue weighted by Crippen LogP contribution is 2.45. The Bertz CT molecular complexity index is 1160. The maximum absolute atomic E-state index is 5.60. The standard InChI is InChI=1S/C21H13NO/c1-2-4-15-12(3-1)5-6-13-10-18-14(9-17(13)15)7-8-16-19(18)11-22-21-20(16)23-21/h1-11,20-21H/t20-,21-/m0/s1. The highest BCUT2D eigenvalue weighted by atomic mass is 16.6. The van der Waals surface area contributed by atoms with Crippen molar-refractivity contribution < 1.29 is 4.74 Å². The van der Waals surface area contributed by atoms with E-state index in [0.29, 0.717) is 0 Å². The van der Waals surface area contributed by atoms with Gasteiger partial charge in [0, 0.05) is 11.8 Å². The SMILES string of the molecule is C1=N[C@H]2O[C@H]2c2ccc3cc4c(ccc5ccccc54)cc3c21. The molecule has 2 heteroatoms. The highest BCUT2D eigenvalue weighted by Gasteiger charge is 2.43. The van der Waals surface area contributed by atoms with Crippen molar-refractivity contribution in [2.75, 3.05) is 0 Å². The quantitative estimate of drug-likeness (QED) is 0.255. The van der Waals surface area contributed by atoms with Crippen LogP contribution >= 0.6 is 0 Å². The van der Waals surface area contributed by atoms with E-state index in [1.165, 1.54) is 43.4 Å². The lowest BCUT2D eigenvalue weighted by atomic mass is 9.92. The molecule has 2 atom stereocenters. The zero-order chi connectivity index (χ0) is 15.0. The molecule has 2 aliphatic rings. The van der Waals surface area contributed by atoms with Gasteiger partial charge in [-0.05, 0) is 50.0 Å². The molecule has 0 bridgehead atoms. The Hall–Kier alpha value is -2.71. The van der Waals surface area contributed by atoms with Gasteiger partial charge in [0.05, 0.1) is 0 Å². The molecular weight excluding hydrogens is 282 g/mol. The van der Waals surface area contributed by atoms with Gasteiger partial charge in [0.25, 0.3) is 0 Å². The topological polar surface area (TPSA) is 24.9 Å². The molecule has 2 heterocycles. The normalized spacial score (nSPS) is 21.6. The second-order valence-electron chi connectivity index (χ2n) is 6.38. The fourth-order valence-electron chi connectivity index (χ4n) is 3.85. The molecule has 0 aromatic heterocycles. The molecule has 23 heavy (non-hydrogen) atoms. The molecule has 0 amide bonds. The molecule has 4 aromatic rings. The first-order chi connectivity index (χ1) is 11.4. The fourth-order valence-corrected chi connectivity index (χ4v) is 3.85. The number of epoxide rings is 1. The van der Waals surface area contributed by atoms with Crippen molar-refractivity contribution in [2.45, 2.75) is 12.3 Å². The van der Waals surface area contributed by atoms with Gasteiger partial charge in [-0.25, -0.2) is 0 Å². The lowest BCUT2D eigenvalue weighted by Gasteiger charge is -2.12. The number of hydrogen-bond acceptors (Lipinski definition) is 2. The summed E-state index contributed by atoms with van der Waals surface area (Å²) in [6.45, 7) is 0. The predicted molar refractivity (Wildman–Crippen MR) is 94.2 cm³/mol. The molecule has 0 aliphatic carbocycles. The lowest BCUT2D eigenvalue weighted by Crippen LogP contribution is -2.00. The molecule has 108 valence electrons. The summed E-state index contributed by atoms with van der Waals surface area (Å²) in [5.74, 6) is 0. The van der Waals surface area contributed by atoms with Gasteiger partial charge in [-0.15, -0.1) is 0 Å². The Kier molecular flexibility index (Phi) is 2.04. The molecule has 2 nitrogen and oxygen atoms in total. The summed E-state index contributed by atoms with van der Waals surface area (Å²) in [6.07, 6.45) is 2.22. The van der Waals surface area contributed by atoms with Gasteiger partial charge in [-0.2, -0.15) is 0 Å². The van der Waals surface area contributed by atoms with Crippen molar-refractivity contribution in [3.8, 4) is 0 Å². The summed E-state index contributed by atoms with van der Waals surface area (Å²) in [5, 5.41) is 7.71. The van der Waals surface area contributed by atoms with Gasteiger partial charge in [0.2, 0.25) is 0 Å². The first-order valence-corrected chi connectivity index (χ1v) is 7.95. The minimum absolute atomic E-state index is 0.0596. The average molecular weight is 295 g/mol. The van der Waals surface area contributed by atoms with Crippen LogP contribution in [-0.2, 0) is 4.74 Å². The van der Waals surface area contributed by atoms with Crippen molar-refractivity contribution in [2.24, 2.45) is 4.99 Å². The van der Waals surface area contributed by atoms with Crippen LogP contribution in [0.25, 0.3) is 32.3 Å². The van der Waals surface area contributed by atoms with Gasteiger partial charge < -0.3 is 4.74 Å².